The minimum Gasteiger partial charge on any atom is -0.318 e. The molecule has 3 aromatic carbocycles. The van der Waals surface area contributed by atoms with E-state index in [0.717, 1.165) is 16.8 Å². The Labute approximate surface area is 170 Å². The van der Waals surface area contributed by atoms with E-state index in [9.17, 15) is 8.42 Å². The van der Waals surface area contributed by atoms with E-state index < -0.39 is 15.4 Å². The van der Waals surface area contributed by atoms with Crippen molar-refractivity contribution >= 4 is 33.1 Å². The molecule has 28 heavy (non-hydrogen) atoms. The van der Waals surface area contributed by atoms with Crippen LogP contribution in [0.3, 0.4) is 0 Å². The maximum atomic E-state index is 12.8. The average molecular weight is 411 g/mol. The van der Waals surface area contributed by atoms with E-state index >= 15 is 0 Å². The Balaban J connectivity index is 1.77. The molecule has 0 N–H and O–H groups in total. The second kappa shape index (κ2) is 7.41. The number of anilines is 1. The van der Waals surface area contributed by atoms with Crippen LogP contribution in [0.4, 0.5) is 5.69 Å². The highest BCUT2D eigenvalue weighted by molar-refractivity contribution is 7.90. The lowest BCUT2D eigenvalue weighted by Gasteiger charge is -2.47. The maximum Gasteiger partial charge on any atom is 0.284 e. The van der Waals surface area contributed by atoms with Gasteiger partial charge in [0.1, 0.15) is 11.2 Å². The van der Waals surface area contributed by atoms with Gasteiger partial charge in [-0.1, -0.05) is 66.2 Å². The van der Waals surface area contributed by atoms with Gasteiger partial charge in [0.15, 0.2) is 0 Å². The lowest BCUT2D eigenvalue weighted by molar-refractivity contribution is 0.595. The molecule has 1 aliphatic heterocycles. The summed E-state index contributed by atoms with van der Waals surface area (Å²) in [6, 6.07) is 25.8. The molecule has 4 nitrogen and oxygen atoms in total. The molecule has 1 saturated heterocycles. The minimum absolute atomic E-state index is 0.158. The highest BCUT2D eigenvalue weighted by Gasteiger charge is 2.46. The van der Waals surface area contributed by atoms with Crippen LogP contribution < -0.4 is 4.90 Å². The van der Waals surface area contributed by atoms with Gasteiger partial charge in [-0.25, -0.2) is 0 Å². The normalized spacial score (nSPS) is 20.8. The highest BCUT2D eigenvalue weighted by atomic mass is 35.5. The third-order valence-electron chi connectivity index (χ3n) is 4.76. The number of sulfonamides is 1. The second-order valence-electron chi connectivity index (χ2n) is 6.70. The Morgan fingerprint density at radius 2 is 1.43 bits per heavy atom. The van der Waals surface area contributed by atoms with Crippen molar-refractivity contribution in [2.75, 3.05) is 4.90 Å². The Morgan fingerprint density at radius 1 is 0.857 bits per heavy atom. The first-order valence-electron chi connectivity index (χ1n) is 8.92. The smallest absolute Gasteiger partial charge is 0.284 e. The third-order valence-corrected chi connectivity index (χ3v) is 6.49. The van der Waals surface area contributed by atoms with Crippen molar-refractivity contribution in [2.45, 2.75) is 23.2 Å². The molecule has 1 heterocycles. The van der Waals surface area contributed by atoms with Gasteiger partial charge in [-0.2, -0.15) is 8.42 Å². The molecule has 0 amide bonds. The Bertz CT molecular complexity index is 1100. The van der Waals surface area contributed by atoms with Gasteiger partial charge < -0.3 is 4.90 Å². The summed E-state index contributed by atoms with van der Waals surface area (Å²) in [6.45, 7) is 1.91. The molecule has 4 rings (SSSR count). The number of hydrogen-bond donors (Lipinski definition) is 0. The summed E-state index contributed by atoms with van der Waals surface area (Å²) in [6.07, 6.45) is 0. The SMILES string of the molecule is Cc1ccc(S(=O)(=O)/N=C2/[C@H](Cl)[C@@H](c3ccccc3)N2c2ccccc2)cc1. The van der Waals surface area contributed by atoms with Crippen molar-refractivity contribution in [3.05, 3.63) is 96.1 Å². The Hall–Kier alpha value is -2.63. The zero-order chi connectivity index (χ0) is 19.7. The van der Waals surface area contributed by atoms with Crippen LogP contribution in [0, 0.1) is 6.92 Å². The predicted octanol–water partition coefficient (Wildman–Crippen LogP) is 4.95. The molecule has 1 fully saturated rings. The Morgan fingerprint density at radius 3 is 2.04 bits per heavy atom. The number of amidine groups is 1. The molecule has 2 atom stereocenters. The first kappa shape index (κ1) is 18.7. The molecule has 0 aliphatic carbocycles. The summed E-state index contributed by atoms with van der Waals surface area (Å²) >= 11 is 6.64. The van der Waals surface area contributed by atoms with Crippen LogP contribution in [0.15, 0.2) is 94.2 Å². The van der Waals surface area contributed by atoms with Gasteiger partial charge in [-0.05, 0) is 36.8 Å². The van der Waals surface area contributed by atoms with Crippen LogP contribution in [0.25, 0.3) is 0 Å². The molecule has 142 valence electrons. The largest absolute Gasteiger partial charge is 0.318 e. The number of aryl methyl sites for hydroxylation is 1. The van der Waals surface area contributed by atoms with Gasteiger partial charge in [0.25, 0.3) is 10.0 Å². The number of benzene rings is 3. The van der Waals surface area contributed by atoms with Gasteiger partial charge in [0.2, 0.25) is 0 Å². The van der Waals surface area contributed by atoms with Crippen LogP contribution in [0.5, 0.6) is 0 Å². The quantitative estimate of drug-likeness (QED) is 0.571. The summed E-state index contributed by atoms with van der Waals surface area (Å²) in [4.78, 5) is 2.05. The van der Waals surface area contributed by atoms with E-state index in [-0.39, 0.29) is 10.9 Å². The fraction of sp³-hybridized carbons (Fsp3) is 0.136. The molecule has 0 saturated carbocycles. The number of para-hydroxylation sites is 1. The minimum atomic E-state index is -3.85. The highest BCUT2D eigenvalue weighted by Crippen LogP contribution is 2.43. The fourth-order valence-electron chi connectivity index (χ4n) is 3.30. The lowest BCUT2D eigenvalue weighted by atomic mass is 9.92. The van der Waals surface area contributed by atoms with Crippen LogP contribution in [-0.2, 0) is 10.0 Å². The molecule has 3 aromatic rings. The number of halogens is 1. The van der Waals surface area contributed by atoms with Gasteiger partial charge in [0.05, 0.1) is 10.9 Å². The topological polar surface area (TPSA) is 49.7 Å². The maximum absolute atomic E-state index is 12.8. The van der Waals surface area contributed by atoms with Crippen molar-refractivity contribution < 1.29 is 8.42 Å². The summed E-state index contributed by atoms with van der Waals surface area (Å²) in [5, 5.41) is -0.539. The van der Waals surface area contributed by atoms with Crippen molar-refractivity contribution in [2.24, 2.45) is 4.40 Å². The number of rotatable bonds is 4. The zero-order valence-electron chi connectivity index (χ0n) is 15.2. The van der Waals surface area contributed by atoms with Gasteiger partial charge in [0, 0.05) is 5.69 Å². The van der Waals surface area contributed by atoms with Crippen LogP contribution >= 0.6 is 11.6 Å². The summed E-state index contributed by atoms with van der Waals surface area (Å²) in [5.41, 5.74) is 2.85. The molecular formula is C22H19ClN2O2S. The third kappa shape index (κ3) is 3.43. The first-order chi connectivity index (χ1) is 13.5. The molecular weight excluding hydrogens is 392 g/mol. The number of nitrogens with zero attached hydrogens (tertiary/aromatic N) is 2. The molecule has 0 radical (unpaired) electrons. The second-order valence-corrected chi connectivity index (χ2v) is 8.77. The average Bonchev–Trinajstić information content (AvgIpc) is 2.71. The van der Waals surface area contributed by atoms with E-state index in [0.29, 0.717) is 5.84 Å². The summed E-state index contributed by atoms with van der Waals surface area (Å²) in [7, 11) is -3.85. The van der Waals surface area contributed by atoms with E-state index in [1.54, 1.807) is 24.3 Å². The standard InChI is InChI=1S/C22H19ClN2O2S/c1-16-12-14-19(15-13-16)28(26,27)24-22-20(23)21(17-8-4-2-5-9-17)25(22)18-10-6-3-7-11-18/h2-15,20-21H,1H3/b24-22-/t20-,21-/m1/s1. The van der Waals surface area contributed by atoms with E-state index in [1.165, 1.54) is 0 Å². The van der Waals surface area contributed by atoms with Crippen molar-refractivity contribution in [3.8, 4) is 0 Å². The first-order valence-corrected chi connectivity index (χ1v) is 10.8. The van der Waals surface area contributed by atoms with E-state index in [1.807, 2.05) is 72.5 Å². The fourth-order valence-corrected chi connectivity index (χ4v) is 4.80. The lowest BCUT2D eigenvalue weighted by Crippen LogP contribution is -2.57. The summed E-state index contributed by atoms with van der Waals surface area (Å²) in [5.74, 6) is 0.335. The van der Waals surface area contributed by atoms with Crippen LogP contribution in [0.2, 0.25) is 0 Å². The van der Waals surface area contributed by atoms with Gasteiger partial charge in [-0.15, -0.1) is 16.0 Å². The molecule has 0 spiro atoms. The molecule has 6 heteroatoms. The number of alkyl halides is 1. The van der Waals surface area contributed by atoms with Crippen LogP contribution in [0.1, 0.15) is 17.2 Å². The monoisotopic (exact) mass is 410 g/mol. The summed E-state index contributed by atoms with van der Waals surface area (Å²) < 4.78 is 29.8. The van der Waals surface area contributed by atoms with E-state index in [2.05, 4.69) is 4.40 Å². The van der Waals surface area contributed by atoms with Crippen molar-refractivity contribution in [1.82, 2.24) is 0 Å². The Kier molecular flexibility index (Phi) is 4.96. The zero-order valence-corrected chi connectivity index (χ0v) is 16.8. The predicted molar refractivity (Wildman–Crippen MR) is 114 cm³/mol. The van der Waals surface area contributed by atoms with Gasteiger partial charge in [-0.3, -0.25) is 0 Å². The molecule has 0 unspecified atom stereocenters. The molecule has 0 aromatic heterocycles. The van der Waals surface area contributed by atoms with Crippen LogP contribution in [-0.4, -0.2) is 19.6 Å². The van der Waals surface area contributed by atoms with Crippen molar-refractivity contribution in [3.63, 3.8) is 0 Å². The molecule has 1 aliphatic rings. The number of hydrogen-bond acceptors (Lipinski definition) is 2. The van der Waals surface area contributed by atoms with E-state index in [4.69, 9.17) is 11.6 Å². The van der Waals surface area contributed by atoms with Gasteiger partial charge >= 0.3 is 0 Å². The van der Waals surface area contributed by atoms with Crippen molar-refractivity contribution in [1.29, 1.82) is 0 Å². The molecule has 0 bridgehead atoms.